The van der Waals surface area contributed by atoms with Gasteiger partial charge in [0.25, 0.3) is 0 Å². The summed E-state index contributed by atoms with van der Waals surface area (Å²) in [4.78, 5) is 0. The first-order valence-corrected chi connectivity index (χ1v) is 27.1. The largest absolute Gasteiger partial charge is 0.178 e. The van der Waals surface area contributed by atoms with E-state index in [1.54, 1.807) is 5.20 Å². The Labute approximate surface area is 418 Å². The Balaban J connectivity index is 1.50. The quantitative estimate of drug-likeness (QED) is 0.0947. The lowest BCUT2D eigenvalue weighted by Crippen LogP contribution is -2.73. The van der Waals surface area contributed by atoms with Crippen LogP contribution in [-0.4, -0.2) is 8.07 Å². The van der Waals surface area contributed by atoms with Gasteiger partial charge in [-0.2, -0.15) is 0 Å². The molecular weight excluding hydrogens is 857 g/mol. The van der Waals surface area contributed by atoms with Crippen molar-refractivity contribution in [2.45, 2.75) is 69.2 Å². The van der Waals surface area contributed by atoms with Crippen molar-refractivity contribution in [1.82, 2.24) is 0 Å². The Kier molecular flexibility index (Phi) is 12.5. The van der Waals surface area contributed by atoms with Crippen molar-refractivity contribution in [2.75, 3.05) is 0 Å². The molecule has 0 saturated heterocycles. The summed E-state index contributed by atoms with van der Waals surface area (Å²) in [6.07, 6.45) is 0. The molecule has 0 saturated carbocycles. The van der Waals surface area contributed by atoms with Crippen molar-refractivity contribution < 1.29 is 0 Å². The first kappa shape index (κ1) is 46.4. The highest BCUT2D eigenvalue weighted by Gasteiger charge is 2.53. The van der Waals surface area contributed by atoms with Crippen molar-refractivity contribution in [3.8, 4) is 66.8 Å². The number of hydrogen-bond acceptors (Lipinski definition) is 0. The van der Waals surface area contributed by atoms with Gasteiger partial charge in [-0.15, -0.1) is 0 Å². The van der Waals surface area contributed by atoms with E-state index >= 15 is 0 Å². The van der Waals surface area contributed by atoms with Gasteiger partial charge in [0.05, 0.1) is 0 Å². The van der Waals surface area contributed by atoms with Crippen LogP contribution in [0.15, 0.2) is 222 Å². The van der Waals surface area contributed by atoms with Crippen LogP contribution >= 0.6 is 0 Å². The topological polar surface area (TPSA) is 0 Å². The highest BCUT2D eigenvalue weighted by molar-refractivity contribution is 7.17. The summed E-state index contributed by atoms with van der Waals surface area (Å²) in [5.41, 5.74) is 27.7. The second kappa shape index (κ2) is 18.9. The van der Waals surface area contributed by atoms with E-state index in [9.17, 15) is 0 Å². The van der Waals surface area contributed by atoms with Crippen LogP contribution < -0.4 is 15.6 Å². The highest BCUT2D eigenvalue weighted by atomic mass is 28.3. The summed E-state index contributed by atoms with van der Waals surface area (Å²) in [6.45, 7) is 24.5. The minimum absolute atomic E-state index is 0.208. The predicted octanol–water partition coefficient (Wildman–Crippen LogP) is 16.9. The van der Waals surface area contributed by atoms with E-state index in [0.29, 0.717) is 0 Å². The average Bonchev–Trinajstić information content (AvgIpc) is 3.58. The Morgan fingerprint density at radius 1 is 0.300 bits per heavy atom. The summed E-state index contributed by atoms with van der Waals surface area (Å²) < 4.78 is 0. The number of allylic oxidation sites excluding steroid dienone is 4. The van der Waals surface area contributed by atoms with Gasteiger partial charge >= 0.3 is 0 Å². The van der Waals surface area contributed by atoms with Crippen molar-refractivity contribution in [2.24, 2.45) is 5.92 Å². The third kappa shape index (κ3) is 7.59. The molecule has 0 heterocycles. The molecule has 0 aliphatic heterocycles. The predicted molar refractivity (Wildman–Crippen MR) is 305 cm³/mol. The molecule has 9 aromatic rings. The molecule has 0 spiro atoms. The average molecular weight is 921 g/mol. The molecule has 70 heavy (non-hydrogen) atoms. The Hall–Kier alpha value is -7.32. The molecule has 1 unspecified atom stereocenters. The Morgan fingerprint density at radius 2 is 0.543 bits per heavy atom. The van der Waals surface area contributed by atoms with Gasteiger partial charge in [0.15, 0.2) is 8.07 Å². The van der Waals surface area contributed by atoms with Gasteiger partial charge in [-0.1, -0.05) is 223 Å². The molecule has 1 aliphatic rings. The van der Waals surface area contributed by atoms with E-state index in [4.69, 9.17) is 0 Å². The van der Waals surface area contributed by atoms with Gasteiger partial charge < -0.3 is 0 Å². The molecule has 0 fully saturated rings. The molecule has 0 bridgehead atoms. The van der Waals surface area contributed by atoms with E-state index < -0.39 is 8.07 Å². The van der Waals surface area contributed by atoms with E-state index in [2.05, 4.69) is 269 Å². The van der Waals surface area contributed by atoms with Crippen LogP contribution in [0.3, 0.4) is 0 Å². The first-order chi connectivity index (χ1) is 33.9. The van der Waals surface area contributed by atoms with Crippen molar-refractivity contribution >= 4 is 23.6 Å². The summed E-state index contributed by atoms with van der Waals surface area (Å²) in [5.74, 6) is 0.208. The fraction of sp³-hybridized carbons (Fsp3) is 0.159. The smallest absolute Gasteiger partial charge is 0.0636 e. The fourth-order valence-electron chi connectivity index (χ4n) is 12.9. The summed E-state index contributed by atoms with van der Waals surface area (Å²) in [6, 6.07) is 74.6. The molecule has 0 amide bonds. The van der Waals surface area contributed by atoms with Gasteiger partial charge in [0.1, 0.15) is 0 Å². The molecule has 0 N–H and O–H groups in total. The monoisotopic (exact) mass is 920 g/mol. The Morgan fingerprint density at radius 3 is 0.771 bits per heavy atom. The SMILES string of the molecule is CC1=C(C)C(C)C([Si](c2c(C)cc(-c3ccccc3)c(-c3ccccc3)c2C)(c2c(C)cc(-c3ccccc3)c(-c3ccccc3)c2C)c2c(C)cc(-c3ccccc3)c(-c3ccccc3)c2C)=C1C. The molecule has 10 rings (SSSR count). The highest BCUT2D eigenvalue weighted by Crippen LogP contribution is 2.48. The van der Waals surface area contributed by atoms with E-state index in [1.165, 1.54) is 132 Å². The molecule has 1 heteroatoms. The van der Waals surface area contributed by atoms with Crippen molar-refractivity contribution in [3.63, 3.8) is 0 Å². The zero-order valence-corrected chi connectivity index (χ0v) is 43.6. The van der Waals surface area contributed by atoms with Gasteiger partial charge in [-0.3, -0.25) is 0 Å². The lowest BCUT2D eigenvalue weighted by Gasteiger charge is -2.45. The summed E-state index contributed by atoms with van der Waals surface area (Å²) in [7, 11) is -3.49. The second-order valence-electron chi connectivity index (χ2n) is 19.9. The van der Waals surface area contributed by atoms with Gasteiger partial charge in [-0.05, 0) is 190 Å². The van der Waals surface area contributed by atoms with E-state index in [1.807, 2.05) is 0 Å². The number of aryl methyl sites for hydroxylation is 3. The van der Waals surface area contributed by atoms with Crippen LogP contribution in [0.2, 0.25) is 0 Å². The minimum Gasteiger partial charge on any atom is -0.0636 e. The van der Waals surface area contributed by atoms with Gasteiger partial charge in [-0.25, -0.2) is 0 Å². The molecule has 344 valence electrons. The lowest BCUT2D eigenvalue weighted by molar-refractivity contribution is 0.851. The number of rotatable bonds is 10. The summed E-state index contributed by atoms with van der Waals surface area (Å²) in [5, 5.41) is 6.12. The third-order valence-electron chi connectivity index (χ3n) is 15.9. The molecule has 0 aromatic heterocycles. The van der Waals surface area contributed by atoms with E-state index in [-0.39, 0.29) is 5.92 Å². The fourth-order valence-corrected chi connectivity index (χ4v) is 20.1. The van der Waals surface area contributed by atoms with Gasteiger partial charge in [0, 0.05) is 0 Å². The second-order valence-corrected chi connectivity index (χ2v) is 23.4. The zero-order chi connectivity index (χ0) is 48.8. The van der Waals surface area contributed by atoms with E-state index in [0.717, 1.165) is 0 Å². The van der Waals surface area contributed by atoms with Crippen LogP contribution in [0.25, 0.3) is 66.8 Å². The third-order valence-corrected chi connectivity index (χ3v) is 22.1. The lowest BCUT2D eigenvalue weighted by atomic mass is 9.88. The summed E-state index contributed by atoms with van der Waals surface area (Å²) >= 11 is 0. The van der Waals surface area contributed by atoms with Crippen LogP contribution in [0.5, 0.6) is 0 Å². The molecule has 9 aromatic carbocycles. The zero-order valence-electron chi connectivity index (χ0n) is 42.6. The van der Waals surface area contributed by atoms with Crippen LogP contribution in [-0.2, 0) is 0 Å². The first-order valence-electron chi connectivity index (χ1n) is 25.1. The minimum atomic E-state index is -3.49. The molecule has 1 atom stereocenters. The standard InChI is InChI=1S/C69H64Si/c1-44-41-60(54-29-17-11-18-30-54)63(57-35-23-14-24-36-57)51(8)66(44)70(69-49(6)47(4)48(5)50(69)7,67-45(2)42-61(55-31-19-12-20-32-55)64(52(67)9)58-37-25-15-26-38-58)68-46(3)43-62(56-33-21-13-22-34-56)65(53(68)10)59-39-27-16-28-40-59/h11-43,49H,1-10H3. The van der Waals surface area contributed by atoms with Crippen LogP contribution in [0.4, 0.5) is 0 Å². The van der Waals surface area contributed by atoms with Crippen LogP contribution in [0.1, 0.15) is 61.1 Å². The maximum atomic E-state index is 2.56. The van der Waals surface area contributed by atoms with Crippen molar-refractivity contribution in [3.05, 3.63) is 255 Å². The van der Waals surface area contributed by atoms with Crippen LogP contribution in [0, 0.1) is 47.5 Å². The molecular formula is C69H64Si. The maximum absolute atomic E-state index is 3.49. The molecule has 0 radical (unpaired) electrons. The van der Waals surface area contributed by atoms with Crippen molar-refractivity contribution in [1.29, 1.82) is 0 Å². The van der Waals surface area contributed by atoms with Gasteiger partial charge in [0.2, 0.25) is 0 Å². The molecule has 0 nitrogen and oxygen atoms in total. The Bertz CT molecular complexity index is 3140. The number of hydrogen-bond donors (Lipinski definition) is 0. The molecule has 1 aliphatic carbocycles. The maximum Gasteiger partial charge on any atom is 0.178 e. The number of benzene rings is 9. The normalized spacial score (nSPS) is 13.9.